The third-order valence-electron chi connectivity index (χ3n) is 4.77. The average molecular weight is 336 g/mol. The monoisotopic (exact) mass is 336 g/mol. The molecule has 3 heterocycles. The molecule has 0 aliphatic carbocycles. The van der Waals surface area contributed by atoms with E-state index in [9.17, 15) is 0 Å². The summed E-state index contributed by atoms with van der Waals surface area (Å²) in [6, 6.07) is 27.1. The molecule has 0 unspecified atom stereocenters. The van der Waals surface area contributed by atoms with Crippen molar-refractivity contribution in [2.24, 2.45) is 0 Å². The van der Waals surface area contributed by atoms with Crippen LogP contribution in [0.4, 0.5) is 0 Å². The van der Waals surface area contributed by atoms with E-state index in [1.165, 1.54) is 16.8 Å². The number of fused-ring (bicyclic) bond motifs is 3. The molecule has 0 N–H and O–H groups in total. The number of rotatable bonds is 2. The molecule has 5 rings (SSSR count). The molecule has 3 heteroatoms. The molecule has 1 aliphatic rings. The summed E-state index contributed by atoms with van der Waals surface area (Å²) in [7, 11) is 0. The van der Waals surface area contributed by atoms with Crippen LogP contribution in [-0.2, 0) is 0 Å². The fourth-order valence-corrected chi connectivity index (χ4v) is 3.64. The number of benzene rings is 2. The second-order valence-corrected chi connectivity index (χ2v) is 6.45. The minimum atomic E-state index is 1.03. The number of aryl methyl sites for hydroxylation is 1. The molecule has 0 atom stereocenters. The SMILES string of the molecule is Cc1nn(-c2ccccc2)c2c1-[n+]1ccccc1/C2=C/c1ccccc1. The van der Waals surface area contributed by atoms with Gasteiger partial charge in [-0.1, -0.05) is 48.5 Å². The van der Waals surface area contributed by atoms with Crippen molar-refractivity contribution in [3.63, 3.8) is 0 Å². The van der Waals surface area contributed by atoms with E-state index in [1.54, 1.807) is 0 Å². The van der Waals surface area contributed by atoms with E-state index in [4.69, 9.17) is 5.10 Å². The predicted molar refractivity (Wildman–Crippen MR) is 103 cm³/mol. The lowest BCUT2D eigenvalue weighted by molar-refractivity contribution is -0.594. The number of hydrogen-bond acceptors (Lipinski definition) is 1. The maximum atomic E-state index is 4.85. The van der Waals surface area contributed by atoms with Crippen molar-refractivity contribution >= 4 is 11.6 Å². The van der Waals surface area contributed by atoms with Crippen LogP contribution in [0.3, 0.4) is 0 Å². The third-order valence-corrected chi connectivity index (χ3v) is 4.77. The molecule has 0 spiro atoms. The first-order valence-electron chi connectivity index (χ1n) is 8.76. The molecule has 0 fully saturated rings. The summed E-state index contributed by atoms with van der Waals surface area (Å²) in [5.41, 5.74) is 7.97. The van der Waals surface area contributed by atoms with Gasteiger partial charge in [-0.2, -0.15) is 9.67 Å². The topological polar surface area (TPSA) is 21.7 Å². The van der Waals surface area contributed by atoms with Crippen LogP contribution in [0.5, 0.6) is 0 Å². The Labute approximate surface area is 152 Å². The van der Waals surface area contributed by atoms with Crippen molar-refractivity contribution in [1.82, 2.24) is 9.78 Å². The highest BCUT2D eigenvalue weighted by molar-refractivity contribution is 5.93. The van der Waals surface area contributed by atoms with E-state index in [0.29, 0.717) is 0 Å². The molecule has 0 amide bonds. The van der Waals surface area contributed by atoms with Crippen molar-refractivity contribution in [2.45, 2.75) is 6.92 Å². The molecule has 0 radical (unpaired) electrons. The Morgan fingerprint density at radius 1 is 0.846 bits per heavy atom. The number of hydrogen-bond donors (Lipinski definition) is 0. The second-order valence-electron chi connectivity index (χ2n) is 6.45. The van der Waals surface area contributed by atoms with Crippen LogP contribution >= 0.6 is 0 Å². The van der Waals surface area contributed by atoms with Crippen molar-refractivity contribution in [3.05, 3.63) is 108 Å². The normalized spacial score (nSPS) is 13.7. The number of aromatic nitrogens is 3. The van der Waals surface area contributed by atoms with Gasteiger partial charge in [-0.05, 0) is 36.8 Å². The van der Waals surface area contributed by atoms with Gasteiger partial charge < -0.3 is 0 Å². The van der Waals surface area contributed by atoms with Gasteiger partial charge in [0, 0.05) is 12.1 Å². The lowest BCUT2D eigenvalue weighted by atomic mass is 10.1. The third kappa shape index (κ3) is 2.21. The maximum Gasteiger partial charge on any atom is 0.261 e. The van der Waals surface area contributed by atoms with Crippen LogP contribution in [-0.4, -0.2) is 9.78 Å². The first-order valence-corrected chi connectivity index (χ1v) is 8.76. The van der Waals surface area contributed by atoms with Gasteiger partial charge in [0.15, 0.2) is 11.9 Å². The van der Waals surface area contributed by atoms with Crippen LogP contribution in [0.2, 0.25) is 0 Å². The molecular formula is C23H18N3+. The molecular weight excluding hydrogens is 318 g/mol. The number of nitrogens with zero attached hydrogens (tertiary/aromatic N) is 3. The van der Waals surface area contributed by atoms with Crippen molar-refractivity contribution in [1.29, 1.82) is 0 Å². The molecule has 2 aromatic carbocycles. The Morgan fingerprint density at radius 2 is 1.54 bits per heavy atom. The fraction of sp³-hybridized carbons (Fsp3) is 0.0435. The van der Waals surface area contributed by atoms with Crippen molar-refractivity contribution in [2.75, 3.05) is 0 Å². The zero-order valence-electron chi connectivity index (χ0n) is 14.5. The summed E-state index contributed by atoms with van der Waals surface area (Å²) >= 11 is 0. The minimum Gasteiger partial charge on any atom is -0.226 e. The van der Waals surface area contributed by atoms with Gasteiger partial charge in [-0.15, -0.1) is 0 Å². The Morgan fingerprint density at radius 3 is 2.31 bits per heavy atom. The molecule has 4 aromatic rings. The van der Waals surface area contributed by atoms with E-state index < -0.39 is 0 Å². The van der Waals surface area contributed by atoms with Gasteiger partial charge in [-0.25, -0.2) is 4.68 Å². The van der Waals surface area contributed by atoms with Gasteiger partial charge in [0.05, 0.1) is 11.3 Å². The zero-order chi connectivity index (χ0) is 17.5. The first-order chi connectivity index (χ1) is 12.8. The van der Waals surface area contributed by atoms with Gasteiger partial charge in [-0.3, -0.25) is 0 Å². The lowest BCUT2D eigenvalue weighted by Crippen LogP contribution is -2.31. The second kappa shape index (κ2) is 5.81. The summed E-state index contributed by atoms with van der Waals surface area (Å²) in [6.45, 7) is 2.08. The van der Waals surface area contributed by atoms with Crippen LogP contribution in [0.15, 0.2) is 85.1 Å². The summed E-state index contributed by atoms with van der Waals surface area (Å²) in [5.74, 6) is 0. The van der Waals surface area contributed by atoms with Gasteiger partial charge in [0.2, 0.25) is 5.69 Å². The summed E-state index contributed by atoms with van der Waals surface area (Å²) in [4.78, 5) is 0. The van der Waals surface area contributed by atoms with E-state index >= 15 is 0 Å². The average Bonchev–Trinajstić information content (AvgIpc) is 3.20. The Hall–Kier alpha value is -3.46. The summed E-state index contributed by atoms with van der Waals surface area (Å²) < 4.78 is 4.30. The van der Waals surface area contributed by atoms with E-state index in [0.717, 1.165) is 22.8 Å². The highest BCUT2D eigenvalue weighted by Gasteiger charge is 2.38. The molecule has 0 bridgehead atoms. The smallest absolute Gasteiger partial charge is 0.226 e. The Kier molecular flexibility index (Phi) is 3.32. The van der Waals surface area contributed by atoms with Crippen LogP contribution in [0.1, 0.15) is 22.6 Å². The molecule has 0 saturated heterocycles. The molecule has 3 nitrogen and oxygen atoms in total. The van der Waals surface area contributed by atoms with Gasteiger partial charge in [0.1, 0.15) is 5.69 Å². The molecule has 1 aliphatic heterocycles. The van der Waals surface area contributed by atoms with Crippen LogP contribution in [0.25, 0.3) is 23.0 Å². The predicted octanol–water partition coefficient (Wildman–Crippen LogP) is 4.36. The zero-order valence-corrected chi connectivity index (χ0v) is 14.5. The maximum absolute atomic E-state index is 4.85. The first kappa shape index (κ1) is 14.8. The molecule has 26 heavy (non-hydrogen) atoms. The van der Waals surface area contributed by atoms with E-state index in [2.05, 4.69) is 95.2 Å². The lowest BCUT2D eigenvalue weighted by Gasteiger charge is -2.05. The van der Waals surface area contributed by atoms with Gasteiger partial charge >= 0.3 is 0 Å². The van der Waals surface area contributed by atoms with E-state index in [-0.39, 0.29) is 0 Å². The van der Waals surface area contributed by atoms with Crippen molar-refractivity contribution in [3.8, 4) is 11.4 Å². The fourth-order valence-electron chi connectivity index (χ4n) is 3.64. The number of para-hydroxylation sites is 1. The largest absolute Gasteiger partial charge is 0.261 e. The molecule has 0 saturated carbocycles. The molecule has 2 aromatic heterocycles. The standard InChI is InChI=1S/C23H18N3/c1-17-22-23(26(24-17)19-12-6-3-7-13-19)20(16-18-10-4-2-5-11-18)21-14-8-9-15-25(21)22/h2-16H,1H3/q+1/b20-16-. The highest BCUT2D eigenvalue weighted by atomic mass is 15.3. The van der Waals surface area contributed by atoms with E-state index in [1.807, 2.05) is 12.1 Å². The van der Waals surface area contributed by atoms with Crippen LogP contribution < -0.4 is 4.57 Å². The quantitative estimate of drug-likeness (QED) is 0.439. The molecule has 124 valence electrons. The Balaban J connectivity index is 1.82. The Bertz CT molecular complexity index is 1120. The van der Waals surface area contributed by atoms with Crippen LogP contribution in [0, 0.1) is 6.92 Å². The summed E-state index contributed by atoms with van der Waals surface area (Å²) in [6.07, 6.45) is 4.36. The van der Waals surface area contributed by atoms with Crippen molar-refractivity contribution < 1.29 is 4.57 Å². The highest BCUT2D eigenvalue weighted by Crippen LogP contribution is 2.36. The minimum absolute atomic E-state index is 1.03. The van der Waals surface area contributed by atoms with Gasteiger partial charge in [0.25, 0.3) is 5.69 Å². The summed E-state index contributed by atoms with van der Waals surface area (Å²) in [5, 5.41) is 4.85. The number of pyridine rings is 1.